The van der Waals surface area contributed by atoms with Crippen molar-refractivity contribution in [1.82, 2.24) is 15.8 Å². The van der Waals surface area contributed by atoms with E-state index in [1.54, 1.807) is 11.3 Å². The smallest absolute Gasteiger partial charge is 0.229 e. The first kappa shape index (κ1) is 21.4. The van der Waals surface area contributed by atoms with Gasteiger partial charge in [0.15, 0.2) is 0 Å². The van der Waals surface area contributed by atoms with Crippen LogP contribution < -0.4 is 15.5 Å². The van der Waals surface area contributed by atoms with Crippen molar-refractivity contribution in [2.24, 2.45) is 4.99 Å². The molecule has 2 unspecified atom stereocenters. The third-order valence-electron chi connectivity index (χ3n) is 4.75. The third kappa shape index (κ3) is 5.63. The zero-order valence-corrected chi connectivity index (χ0v) is 18.6. The molecule has 3 aromatic rings. The van der Waals surface area contributed by atoms with E-state index >= 15 is 0 Å². The lowest BCUT2D eigenvalue weighted by Crippen LogP contribution is -2.32. The van der Waals surface area contributed by atoms with Crippen LogP contribution in [0.15, 0.2) is 65.0 Å². The number of thiazole rings is 1. The summed E-state index contributed by atoms with van der Waals surface area (Å²) in [5.41, 5.74) is 6.60. The number of rotatable bonds is 8. The number of anilines is 1. The van der Waals surface area contributed by atoms with E-state index in [0.29, 0.717) is 12.3 Å². The lowest BCUT2D eigenvalue weighted by Gasteiger charge is -2.17. The van der Waals surface area contributed by atoms with Gasteiger partial charge >= 0.3 is 0 Å². The molecule has 2 heterocycles. The summed E-state index contributed by atoms with van der Waals surface area (Å²) in [5.74, 6) is 0.221. The van der Waals surface area contributed by atoms with E-state index in [2.05, 4.69) is 33.3 Å². The summed E-state index contributed by atoms with van der Waals surface area (Å²) in [6, 6.07) is 17.7. The molecule has 9 heteroatoms. The second-order valence-electron chi connectivity index (χ2n) is 7.17. The third-order valence-corrected chi connectivity index (χ3v) is 5.92. The Morgan fingerprint density at radius 3 is 2.68 bits per heavy atom. The number of aliphatic imine (C=N–C) groups is 1. The SMILES string of the molecule is CC1N=C(CC(=O)NC(Cc2ccc(NS)cc2)c2csc(-c3ccccc3)n2)ON1. The van der Waals surface area contributed by atoms with E-state index in [9.17, 15) is 4.79 Å². The summed E-state index contributed by atoms with van der Waals surface area (Å²) in [6.45, 7) is 1.86. The minimum atomic E-state index is -0.275. The number of hydroxylamine groups is 1. The summed E-state index contributed by atoms with van der Waals surface area (Å²) in [7, 11) is 0. The lowest BCUT2D eigenvalue weighted by molar-refractivity contribution is -0.120. The van der Waals surface area contributed by atoms with Crippen LogP contribution in [0, 0.1) is 0 Å². The highest BCUT2D eigenvalue weighted by atomic mass is 32.1. The van der Waals surface area contributed by atoms with E-state index in [1.165, 1.54) is 0 Å². The van der Waals surface area contributed by atoms with Crippen LogP contribution >= 0.6 is 24.2 Å². The van der Waals surface area contributed by atoms with Crippen molar-refractivity contribution in [3.63, 3.8) is 0 Å². The minimum absolute atomic E-state index is 0.0754. The number of carbonyl (C=O) groups excluding carboxylic acids is 1. The molecule has 160 valence electrons. The van der Waals surface area contributed by atoms with Crippen LogP contribution in [-0.4, -0.2) is 23.0 Å². The molecule has 4 rings (SSSR count). The Morgan fingerprint density at radius 2 is 2.00 bits per heavy atom. The van der Waals surface area contributed by atoms with E-state index in [1.807, 2.05) is 66.9 Å². The van der Waals surface area contributed by atoms with E-state index < -0.39 is 0 Å². The highest BCUT2D eigenvalue weighted by molar-refractivity contribution is 7.81. The van der Waals surface area contributed by atoms with Crippen molar-refractivity contribution >= 4 is 41.6 Å². The van der Waals surface area contributed by atoms with Crippen LogP contribution in [0.2, 0.25) is 0 Å². The predicted octanol–water partition coefficient (Wildman–Crippen LogP) is 4.14. The molecule has 0 radical (unpaired) electrons. The number of thiol groups is 1. The molecule has 3 N–H and O–H groups in total. The number of hydrogen-bond donors (Lipinski definition) is 4. The largest absolute Gasteiger partial charge is 0.391 e. The predicted molar refractivity (Wildman–Crippen MR) is 127 cm³/mol. The van der Waals surface area contributed by atoms with Crippen molar-refractivity contribution in [3.05, 3.63) is 71.2 Å². The Bertz CT molecular complexity index is 1050. The van der Waals surface area contributed by atoms with Gasteiger partial charge in [0.25, 0.3) is 0 Å². The first-order valence-corrected chi connectivity index (χ1v) is 11.2. The van der Waals surface area contributed by atoms with Crippen molar-refractivity contribution < 1.29 is 9.63 Å². The maximum absolute atomic E-state index is 12.7. The second-order valence-corrected chi connectivity index (χ2v) is 8.25. The molecule has 31 heavy (non-hydrogen) atoms. The Labute approximate surface area is 190 Å². The van der Waals surface area contributed by atoms with E-state index in [0.717, 1.165) is 27.5 Å². The average Bonchev–Trinajstić information content (AvgIpc) is 3.44. The molecule has 1 amide bonds. The number of nitrogens with zero attached hydrogens (tertiary/aromatic N) is 2. The molecule has 0 fully saturated rings. The number of carbonyl (C=O) groups is 1. The van der Waals surface area contributed by atoms with Crippen molar-refractivity contribution in [2.75, 3.05) is 4.72 Å². The quantitative estimate of drug-likeness (QED) is 0.385. The zero-order valence-electron chi connectivity index (χ0n) is 16.9. The number of hydrogen-bond acceptors (Lipinski definition) is 8. The van der Waals surface area contributed by atoms with Gasteiger partial charge < -0.3 is 14.9 Å². The standard InChI is InChI=1S/C22H23N5O2S2/c1-14-23-21(29-26-14)12-20(28)24-18(11-15-7-9-17(27-30)10-8-15)19-13-31-22(25-19)16-5-3-2-4-6-16/h2-10,13-14,18,26-27,30H,11-12H2,1H3,(H,24,28). The van der Waals surface area contributed by atoms with Gasteiger partial charge in [-0.05, 0) is 31.0 Å². The molecule has 0 spiro atoms. The van der Waals surface area contributed by atoms with Crippen molar-refractivity contribution in [2.45, 2.75) is 32.0 Å². The molecule has 0 bridgehead atoms. The first-order valence-electron chi connectivity index (χ1n) is 9.89. The number of aromatic nitrogens is 1. The Kier molecular flexibility index (Phi) is 6.86. The zero-order chi connectivity index (χ0) is 21.6. The molecule has 2 atom stereocenters. The molecular weight excluding hydrogens is 430 g/mol. The number of benzene rings is 2. The maximum Gasteiger partial charge on any atom is 0.229 e. The summed E-state index contributed by atoms with van der Waals surface area (Å²) in [5, 5.41) is 6.03. The van der Waals surface area contributed by atoms with Gasteiger partial charge in [0.2, 0.25) is 11.8 Å². The van der Waals surface area contributed by atoms with Gasteiger partial charge in [-0.1, -0.05) is 55.3 Å². The van der Waals surface area contributed by atoms with Gasteiger partial charge in [-0.15, -0.1) is 16.8 Å². The van der Waals surface area contributed by atoms with E-state index in [-0.39, 0.29) is 24.5 Å². The number of amides is 1. The lowest BCUT2D eigenvalue weighted by atomic mass is 10.0. The molecule has 7 nitrogen and oxygen atoms in total. The first-order chi connectivity index (χ1) is 15.1. The monoisotopic (exact) mass is 453 g/mol. The fraction of sp³-hybridized carbons (Fsp3) is 0.227. The molecule has 1 aromatic heterocycles. The van der Waals surface area contributed by atoms with Gasteiger partial charge in [-0.2, -0.15) is 0 Å². The molecule has 1 aliphatic rings. The molecule has 0 saturated carbocycles. The normalized spacial score (nSPS) is 16.3. The summed E-state index contributed by atoms with van der Waals surface area (Å²) in [4.78, 5) is 27.0. The molecule has 2 aromatic carbocycles. The summed E-state index contributed by atoms with van der Waals surface area (Å²) < 4.78 is 2.82. The van der Waals surface area contributed by atoms with Crippen molar-refractivity contribution in [3.8, 4) is 10.6 Å². The highest BCUT2D eigenvalue weighted by Gasteiger charge is 2.22. The average molecular weight is 454 g/mol. The van der Waals surface area contributed by atoms with Crippen molar-refractivity contribution in [1.29, 1.82) is 0 Å². The molecular formula is C22H23N5O2S2. The van der Waals surface area contributed by atoms with Crippen LogP contribution in [0.5, 0.6) is 0 Å². The van der Waals surface area contributed by atoms with Gasteiger partial charge in [-0.3, -0.25) is 4.79 Å². The highest BCUT2D eigenvalue weighted by Crippen LogP contribution is 2.28. The Morgan fingerprint density at radius 1 is 1.23 bits per heavy atom. The second kappa shape index (κ2) is 9.95. The Balaban J connectivity index is 1.53. The van der Waals surface area contributed by atoms with Crippen LogP contribution in [0.3, 0.4) is 0 Å². The molecule has 0 aliphatic carbocycles. The fourth-order valence-electron chi connectivity index (χ4n) is 3.23. The molecule has 0 saturated heterocycles. The van der Waals surface area contributed by atoms with Gasteiger partial charge in [-0.25, -0.2) is 9.98 Å². The van der Waals surface area contributed by atoms with Crippen LogP contribution in [0.25, 0.3) is 10.6 Å². The topological polar surface area (TPSA) is 87.6 Å². The summed E-state index contributed by atoms with van der Waals surface area (Å²) in [6.07, 6.45) is 0.537. The van der Waals surface area contributed by atoms with Gasteiger partial charge in [0, 0.05) is 16.6 Å². The van der Waals surface area contributed by atoms with E-state index in [4.69, 9.17) is 9.82 Å². The fourth-order valence-corrected chi connectivity index (χ4v) is 4.26. The maximum atomic E-state index is 12.7. The van der Waals surface area contributed by atoms with Gasteiger partial charge in [0.1, 0.15) is 17.6 Å². The van der Waals surface area contributed by atoms with Crippen LogP contribution in [-0.2, 0) is 16.1 Å². The Hall–Kier alpha value is -2.88. The number of nitrogens with one attached hydrogen (secondary N) is 3. The van der Waals surface area contributed by atoms with Gasteiger partial charge in [0.05, 0.1) is 11.7 Å². The van der Waals surface area contributed by atoms with Crippen LogP contribution in [0.1, 0.15) is 30.6 Å². The summed E-state index contributed by atoms with van der Waals surface area (Å²) >= 11 is 5.64. The van der Waals surface area contributed by atoms with Crippen LogP contribution in [0.4, 0.5) is 5.69 Å². The molecule has 1 aliphatic heterocycles. The minimum Gasteiger partial charge on any atom is -0.391 e.